The summed E-state index contributed by atoms with van der Waals surface area (Å²) in [6.07, 6.45) is -1.14. The van der Waals surface area contributed by atoms with Gasteiger partial charge in [-0.3, -0.25) is 4.98 Å². The molecular formula is C13H13F3N4. The SMILES string of the molecule is Cc1ccncc1CNc1cc(C(F)(F)F)cc(N)n1. The second kappa shape index (κ2) is 5.36. The van der Waals surface area contributed by atoms with Crippen molar-refractivity contribution in [3.8, 4) is 0 Å². The normalized spacial score (nSPS) is 11.4. The van der Waals surface area contributed by atoms with E-state index in [1.165, 1.54) is 0 Å². The fraction of sp³-hybridized carbons (Fsp3) is 0.231. The van der Waals surface area contributed by atoms with Crippen molar-refractivity contribution in [2.24, 2.45) is 0 Å². The zero-order chi connectivity index (χ0) is 14.8. The van der Waals surface area contributed by atoms with Crippen molar-refractivity contribution in [2.75, 3.05) is 11.1 Å². The van der Waals surface area contributed by atoms with E-state index in [0.29, 0.717) is 6.54 Å². The number of nitrogens with one attached hydrogen (secondary N) is 1. The summed E-state index contributed by atoms with van der Waals surface area (Å²) >= 11 is 0. The predicted molar refractivity (Wildman–Crippen MR) is 70.0 cm³/mol. The summed E-state index contributed by atoms with van der Waals surface area (Å²) in [5.74, 6) is -0.0918. The Morgan fingerprint density at radius 3 is 2.70 bits per heavy atom. The third-order valence-corrected chi connectivity index (χ3v) is 2.78. The molecule has 0 aliphatic carbocycles. The molecule has 0 saturated heterocycles. The second-order valence-corrected chi connectivity index (χ2v) is 4.32. The van der Waals surface area contributed by atoms with Gasteiger partial charge in [-0.25, -0.2) is 4.98 Å². The number of pyridine rings is 2. The maximum absolute atomic E-state index is 12.7. The molecule has 0 spiro atoms. The lowest BCUT2D eigenvalue weighted by Crippen LogP contribution is -2.10. The minimum atomic E-state index is -4.45. The molecule has 4 nitrogen and oxygen atoms in total. The Hall–Kier alpha value is -2.31. The first-order valence-corrected chi connectivity index (χ1v) is 5.84. The summed E-state index contributed by atoms with van der Waals surface area (Å²) < 4.78 is 38.0. The summed E-state index contributed by atoms with van der Waals surface area (Å²) in [6, 6.07) is 3.56. The Balaban J connectivity index is 2.18. The molecule has 0 fully saturated rings. The van der Waals surface area contributed by atoms with Crippen LogP contribution in [-0.4, -0.2) is 9.97 Å². The highest BCUT2D eigenvalue weighted by molar-refractivity contribution is 5.47. The lowest BCUT2D eigenvalue weighted by molar-refractivity contribution is -0.137. The van der Waals surface area contributed by atoms with E-state index >= 15 is 0 Å². The number of nitrogen functional groups attached to an aromatic ring is 1. The molecule has 2 rings (SSSR count). The van der Waals surface area contributed by atoms with Gasteiger partial charge in [0.1, 0.15) is 11.6 Å². The van der Waals surface area contributed by atoms with Gasteiger partial charge in [0, 0.05) is 18.9 Å². The van der Waals surface area contributed by atoms with Gasteiger partial charge in [-0.15, -0.1) is 0 Å². The molecule has 2 aromatic heterocycles. The minimum absolute atomic E-state index is 0.0839. The van der Waals surface area contributed by atoms with Crippen molar-refractivity contribution >= 4 is 11.6 Å². The van der Waals surface area contributed by atoms with E-state index in [2.05, 4.69) is 15.3 Å². The molecule has 0 saturated carbocycles. The molecule has 20 heavy (non-hydrogen) atoms. The first-order valence-electron chi connectivity index (χ1n) is 5.84. The maximum Gasteiger partial charge on any atom is 0.416 e. The first-order chi connectivity index (χ1) is 9.36. The molecule has 7 heteroatoms. The summed E-state index contributed by atoms with van der Waals surface area (Å²) in [5, 5.41) is 2.82. The lowest BCUT2D eigenvalue weighted by atomic mass is 10.1. The van der Waals surface area contributed by atoms with E-state index in [4.69, 9.17) is 5.73 Å². The van der Waals surface area contributed by atoms with Gasteiger partial charge in [-0.05, 0) is 36.2 Å². The van der Waals surface area contributed by atoms with E-state index < -0.39 is 11.7 Å². The van der Waals surface area contributed by atoms with Crippen LogP contribution in [0.15, 0.2) is 30.6 Å². The molecule has 0 amide bonds. The molecule has 0 aromatic carbocycles. The number of anilines is 2. The number of aryl methyl sites for hydroxylation is 1. The summed E-state index contributed by atoms with van der Waals surface area (Å²) in [6.45, 7) is 2.22. The number of nitrogens with two attached hydrogens (primary N) is 1. The van der Waals surface area contributed by atoms with Crippen LogP contribution in [0.1, 0.15) is 16.7 Å². The number of alkyl halides is 3. The number of hydrogen-bond acceptors (Lipinski definition) is 4. The average molecular weight is 282 g/mol. The maximum atomic E-state index is 12.7. The topological polar surface area (TPSA) is 63.8 Å². The molecular weight excluding hydrogens is 269 g/mol. The van der Waals surface area contributed by atoms with Crippen LogP contribution in [0.5, 0.6) is 0 Å². The van der Waals surface area contributed by atoms with Crippen molar-refractivity contribution in [2.45, 2.75) is 19.6 Å². The van der Waals surface area contributed by atoms with Crippen LogP contribution in [-0.2, 0) is 12.7 Å². The van der Waals surface area contributed by atoms with Crippen LogP contribution in [0.4, 0.5) is 24.8 Å². The third kappa shape index (κ3) is 3.37. The van der Waals surface area contributed by atoms with E-state index in [1.54, 1.807) is 12.4 Å². The molecule has 106 valence electrons. The Bertz CT molecular complexity index is 611. The molecule has 0 unspecified atom stereocenters. The van der Waals surface area contributed by atoms with Gasteiger partial charge in [0.05, 0.1) is 5.56 Å². The first kappa shape index (κ1) is 14.1. The minimum Gasteiger partial charge on any atom is -0.384 e. The molecule has 0 radical (unpaired) electrons. The van der Waals surface area contributed by atoms with Gasteiger partial charge in [-0.1, -0.05) is 0 Å². The Morgan fingerprint density at radius 2 is 2.05 bits per heavy atom. The van der Waals surface area contributed by atoms with E-state index in [9.17, 15) is 13.2 Å². The molecule has 0 aliphatic heterocycles. The van der Waals surface area contributed by atoms with Gasteiger partial charge >= 0.3 is 6.18 Å². The van der Waals surface area contributed by atoms with Crippen molar-refractivity contribution in [3.05, 3.63) is 47.3 Å². The monoisotopic (exact) mass is 282 g/mol. The Morgan fingerprint density at radius 1 is 1.30 bits per heavy atom. The summed E-state index contributed by atoms with van der Waals surface area (Å²) in [4.78, 5) is 7.81. The zero-order valence-corrected chi connectivity index (χ0v) is 10.7. The number of nitrogens with zero attached hydrogens (tertiary/aromatic N) is 2. The fourth-order valence-electron chi connectivity index (χ4n) is 1.67. The molecule has 0 bridgehead atoms. The predicted octanol–water partition coefficient (Wildman–Crippen LogP) is 3.00. The van der Waals surface area contributed by atoms with Crippen molar-refractivity contribution < 1.29 is 13.2 Å². The summed E-state index contributed by atoms with van der Waals surface area (Å²) in [7, 11) is 0. The van der Waals surface area contributed by atoms with Gasteiger partial charge in [0.15, 0.2) is 0 Å². The van der Waals surface area contributed by atoms with Crippen molar-refractivity contribution in [3.63, 3.8) is 0 Å². The van der Waals surface area contributed by atoms with Crippen LogP contribution < -0.4 is 11.1 Å². The zero-order valence-electron chi connectivity index (χ0n) is 10.7. The lowest BCUT2D eigenvalue weighted by Gasteiger charge is -2.12. The largest absolute Gasteiger partial charge is 0.416 e. The highest BCUT2D eigenvalue weighted by Gasteiger charge is 2.31. The van der Waals surface area contributed by atoms with Crippen molar-refractivity contribution in [1.29, 1.82) is 0 Å². The molecule has 2 aromatic rings. The molecule has 0 aliphatic rings. The molecule has 2 heterocycles. The van der Waals surface area contributed by atoms with E-state index in [1.807, 2.05) is 13.0 Å². The number of rotatable bonds is 3. The number of aromatic nitrogens is 2. The average Bonchev–Trinajstić information content (AvgIpc) is 2.36. The van der Waals surface area contributed by atoms with E-state index in [0.717, 1.165) is 23.3 Å². The third-order valence-electron chi connectivity index (χ3n) is 2.78. The highest BCUT2D eigenvalue weighted by atomic mass is 19.4. The van der Waals surface area contributed by atoms with Gasteiger partial charge in [0.2, 0.25) is 0 Å². The van der Waals surface area contributed by atoms with Gasteiger partial charge < -0.3 is 11.1 Å². The fourth-order valence-corrected chi connectivity index (χ4v) is 1.67. The Kier molecular flexibility index (Phi) is 3.78. The van der Waals surface area contributed by atoms with Gasteiger partial charge in [-0.2, -0.15) is 13.2 Å². The van der Waals surface area contributed by atoms with Crippen molar-refractivity contribution in [1.82, 2.24) is 9.97 Å². The van der Waals surface area contributed by atoms with Crippen LogP contribution in [0.3, 0.4) is 0 Å². The molecule has 3 N–H and O–H groups in total. The van der Waals surface area contributed by atoms with Crippen LogP contribution in [0.25, 0.3) is 0 Å². The number of hydrogen-bond donors (Lipinski definition) is 2. The van der Waals surface area contributed by atoms with E-state index in [-0.39, 0.29) is 11.6 Å². The Labute approximate surface area is 113 Å². The number of halogens is 3. The standard InChI is InChI=1S/C13H13F3N4/c1-8-2-3-18-6-9(8)7-19-12-5-10(13(14,15)16)4-11(17)20-12/h2-6H,7H2,1H3,(H3,17,19,20). The van der Waals surface area contributed by atoms with Crippen LogP contribution in [0.2, 0.25) is 0 Å². The quantitative estimate of drug-likeness (QED) is 0.908. The molecule has 0 atom stereocenters. The second-order valence-electron chi connectivity index (χ2n) is 4.32. The highest BCUT2D eigenvalue weighted by Crippen LogP contribution is 2.31. The van der Waals surface area contributed by atoms with Crippen LogP contribution >= 0.6 is 0 Å². The summed E-state index contributed by atoms with van der Waals surface area (Å²) in [5.41, 5.74) is 6.44. The van der Waals surface area contributed by atoms with Crippen LogP contribution in [0, 0.1) is 6.92 Å². The van der Waals surface area contributed by atoms with Gasteiger partial charge in [0.25, 0.3) is 0 Å². The smallest absolute Gasteiger partial charge is 0.384 e.